The molecule has 1 saturated heterocycles. The average Bonchev–Trinajstić information content (AvgIpc) is 3.03. The Morgan fingerprint density at radius 3 is 2.90 bits per heavy atom. The van der Waals surface area contributed by atoms with Gasteiger partial charge in [-0.1, -0.05) is 0 Å². The molecule has 0 radical (unpaired) electrons. The summed E-state index contributed by atoms with van der Waals surface area (Å²) in [5.41, 5.74) is 6.70. The summed E-state index contributed by atoms with van der Waals surface area (Å²) >= 11 is 3.02. The fourth-order valence-electron chi connectivity index (χ4n) is 2.09. The van der Waals surface area contributed by atoms with Crippen molar-refractivity contribution in [3.63, 3.8) is 0 Å². The Hall–Kier alpha value is -0.920. The Morgan fingerprint density at radius 1 is 1.60 bits per heavy atom. The van der Waals surface area contributed by atoms with Crippen molar-refractivity contribution in [2.45, 2.75) is 11.3 Å². The van der Waals surface area contributed by atoms with Crippen molar-refractivity contribution in [2.75, 3.05) is 51.2 Å². The van der Waals surface area contributed by atoms with Gasteiger partial charge in [0.15, 0.2) is 0 Å². The van der Waals surface area contributed by atoms with Crippen LogP contribution in [0.1, 0.15) is 16.1 Å². The molecular weight excluding hydrogens is 294 g/mol. The third-order valence-electron chi connectivity index (χ3n) is 3.28. The van der Waals surface area contributed by atoms with Crippen LogP contribution in [0.2, 0.25) is 0 Å². The van der Waals surface area contributed by atoms with E-state index in [-0.39, 0.29) is 5.91 Å². The number of thioether (sulfide) groups is 1. The van der Waals surface area contributed by atoms with Crippen LogP contribution < -0.4 is 11.1 Å². The van der Waals surface area contributed by atoms with Crippen molar-refractivity contribution in [1.29, 1.82) is 0 Å². The number of thiophene rings is 1. The van der Waals surface area contributed by atoms with Gasteiger partial charge in [-0.25, -0.2) is 0 Å². The van der Waals surface area contributed by atoms with Gasteiger partial charge in [-0.3, -0.25) is 4.79 Å². The highest BCUT2D eigenvalue weighted by Crippen LogP contribution is 2.42. The number of hydrogen-bond donors (Lipinski definition) is 2. The molecule has 1 aliphatic rings. The minimum absolute atomic E-state index is 0.0416. The summed E-state index contributed by atoms with van der Waals surface area (Å²) in [6, 6.07) is 0. The molecule has 1 atom stereocenters. The molecule has 1 aromatic rings. The van der Waals surface area contributed by atoms with Crippen molar-refractivity contribution in [2.24, 2.45) is 5.92 Å². The van der Waals surface area contributed by atoms with Crippen molar-refractivity contribution in [3.8, 4) is 0 Å². The molecule has 2 heterocycles. The van der Waals surface area contributed by atoms with E-state index in [0.717, 1.165) is 36.1 Å². The standard InChI is InChI=1S/C13H21N3O2S2/c1-16(2)13(17)11-9(14)10(19-3)12(20-11)15-6-8-4-5-18-7-8/h8,15H,4-7,14H2,1-3H3. The monoisotopic (exact) mass is 315 g/mol. The third kappa shape index (κ3) is 3.21. The highest BCUT2D eigenvalue weighted by molar-refractivity contribution is 7.99. The van der Waals surface area contributed by atoms with Crippen molar-refractivity contribution >= 4 is 39.7 Å². The number of amides is 1. The lowest BCUT2D eigenvalue weighted by Gasteiger charge is -2.10. The third-order valence-corrected chi connectivity index (χ3v) is 5.39. The Labute approximate surface area is 127 Å². The molecule has 0 aliphatic carbocycles. The number of carbonyl (C=O) groups excluding carboxylic acids is 1. The van der Waals surface area contributed by atoms with Gasteiger partial charge >= 0.3 is 0 Å². The molecule has 20 heavy (non-hydrogen) atoms. The van der Waals surface area contributed by atoms with Gasteiger partial charge in [0, 0.05) is 33.2 Å². The molecule has 2 rings (SSSR count). The van der Waals surface area contributed by atoms with Crippen LogP contribution in [0, 0.1) is 5.92 Å². The highest BCUT2D eigenvalue weighted by Gasteiger charge is 2.23. The zero-order valence-corrected chi connectivity index (χ0v) is 13.7. The predicted octanol–water partition coefficient (Wildman–Crippen LogP) is 2.20. The second-order valence-corrected chi connectivity index (χ2v) is 6.85. The molecule has 7 heteroatoms. The largest absolute Gasteiger partial charge is 0.396 e. The summed E-state index contributed by atoms with van der Waals surface area (Å²) in [6.07, 6.45) is 3.07. The van der Waals surface area contributed by atoms with Crippen LogP contribution in [0.25, 0.3) is 0 Å². The minimum atomic E-state index is -0.0416. The van der Waals surface area contributed by atoms with E-state index >= 15 is 0 Å². The van der Waals surface area contributed by atoms with Crippen molar-refractivity contribution in [1.82, 2.24) is 4.90 Å². The molecule has 0 aromatic carbocycles. The first-order valence-corrected chi connectivity index (χ1v) is 8.58. The maximum Gasteiger partial charge on any atom is 0.265 e. The van der Waals surface area contributed by atoms with Crippen LogP contribution in [-0.4, -0.2) is 50.9 Å². The molecule has 1 amide bonds. The summed E-state index contributed by atoms with van der Waals surface area (Å²) in [4.78, 5) is 15.2. The van der Waals surface area contributed by atoms with Crippen LogP contribution in [0.5, 0.6) is 0 Å². The van der Waals surface area contributed by atoms with E-state index in [1.807, 2.05) is 6.26 Å². The van der Waals surface area contributed by atoms with E-state index in [1.165, 1.54) is 11.3 Å². The summed E-state index contributed by atoms with van der Waals surface area (Å²) in [5, 5.41) is 4.42. The van der Waals surface area contributed by atoms with E-state index in [4.69, 9.17) is 10.5 Å². The van der Waals surface area contributed by atoms with E-state index in [1.54, 1.807) is 30.8 Å². The number of nitrogen functional groups attached to an aromatic ring is 1. The first-order valence-electron chi connectivity index (χ1n) is 6.54. The number of ether oxygens (including phenoxy) is 1. The van der Waals surface area contributed by atoms with E-state index in [2.05, 4.69) is 5.32 Å². The Bertz CT molecular complexity index is 482. The van der Waals surface area contributed by atoms with Crippen LogP contribution >= 0.6 is 23.1 Å². The average molecular weight is 315 g/mol. The smallest absolute Gasteiger partial charge is 0.265 e. The minimum Gasteiger partial charge on any atom is -0.396 e. The van der Waals surface area contributed by atoms with E-state index < -0.39 is 0 Å². The molecule has 0 spiro atoms. The lowest BCUT2D eigenvalue weighted by Crippen LogP contribution is -2.21. The Balaban J connectivity index is 2.14. The van der Waals surface area contributed by atoms with E-state index in [9.17, 15) is 4.79 Å². The van der Waals surface area contributed by atoms with Gasteiger partial charge < -0.3 is 20.7 Å². The summed E-state index contributed by atoms with van der Waals surface area (Å²) in [7, 11) is 3.48. The molecule has 1 unspecified atom stereocenters. The second kappa shape index (κ2) is 6.69. The number of rotatable bonds is 5. The van der Waals surface area contributed by atoms with Crippen LogP contribution in [0.4, 0.5) is 10.7 Å². The molecule has 0 saturated carbocycles. The molecular formula is C13H21N3O2S2. The molecule has 1 aromatic heterocycles. The summed E-state index contributed by atoms with van der Waals surface area (Å²) < 4.78 is 5.37. The van der Waals surface area contributed by atoms with Crippen LogP contribution in [0.15, 0.2) is 4.90 Å². The highest BCUT2D eigenvalue weighted by atomic mass is 32.2. The normalized spacial score (nSPS) is 18.2. The van der Waals surface area contributed by atoms with Crippen molar-refractivity contribution in [3.05, 3.63) is 4.88 Å². The SMILES string of the molecule is CSc1c(NCC2CCOC2)sc(C(=O)N(C)C)c1N. The second-order valence-electron chi connectivity index (χ2n) is 5.02. The molecule has 1 fully saturated rings. The maximum atomic E-state index is 12.1. The van der Waals surface area contributed by atoms with Gasteiger partial charge in [0.1, 0.15) is 9.88 Å². The molecule has 3 N–H and O–H groups in total. The van der Waals surface area contributed by atoms with Crippen molar-refractivity contribution < 1.29 is 9.53 Å². The van der Waals surface area contributed by atoms with E-state index in [0.29, 0.717) is 16.5 Å². The lowest BCUT2D eigenvalue weighted by atomic mass is 10.1. The number of nitrogens with one attached hydrogen (secondary N) is 1. The first kappa shape index (κ1) is 15.5. The zero-order chi connectivity index (χ0) is 14.7. The fraction of sp³-hybridized carbons (Fsp3) is 0.615. The Kier molecular flexibility index (Phi) is 5.17. The molecule has 1 aliphatic heterocycles. The zero-order valence-electron chi connectivity index (χ0n) is 12.1. The van der Waals surface area contributed by atoms with Gasteiger partial charge in [0.05, 0.1) is 17.2 Å². The molecule has 0 bridgehead atoms. The number of anilines is 2. The number of nitrogens with two attached hydrogens (primary N) is 1. The van der Waals surface area contributed by atoms with Gasteiger partial charge in [0.2, 0.25) is 0 Å². The number of nitrogens with zero attached hydrogens (tertiary/aromatic N) is 1. The van der Waals surface area contributed by atoms with Gasteiger partial charge in [-0.2, -0.15) is 0 Å². The van der Waals surface area contributed by atoms with Crippen LogP contribution in [-0.2, 0) is 4.74 Å². The predicted molar refractivity (Wildman–Crippen MR) is 85.9 cm³/mol. The van der Waals surface area contributed by atoms with Crippen LogP contribution in [0.3, 0.4) is 0 Å². The quantitative estimate of drug-likeness (QED) is 0.815. The van der Waals surface area contributed by atoms with Gasteiger partial charge in [0.25, 0.3) is 5.91 Å². The molecule has 112 valence electrons. The first-order chi connectivity index (χ1) is 9.54. The topological polar surface area (TPSA) is 67.6 Å². The number of carbonyl (C=O) groups is 1. The van der Waals surface area contributed by atoms with Gasteiger partial charge in [-0.15, -0.1) is 23.1 Å². The van der Waals surface area contributed by atoms with Gasteiger partial charge in [-0.05, 0) is 12.7 Å². The molecule has 5 nitrogen and oxygen atoms in total. The summed E-state index contributed by atoms with van der Waals surface area (Å²) in [6.45, 7) is 2.52. The summed E-state index contributed by atoms with van der Waals surface area (Å²) in [5.74, 6) is 0.501. The lowest BCUT2D eigenvalue weighted by molar-refractivity contribution is 0.0833. The Morgan fingerprint density at radius 2 is 2.35 bits per heavy atom. The fourth-order valence-corrected chi connectivity index (χ4v) is 4.15. The number of hydrogen-bond acceptors (Lipinski definition) is 6. The maximum absolute atomic E-state index is 12.1.